The summed E-state index contributed by atoms with van der Waals surface area (Å²) in [6.45, 7) is 0. The van der Waals surface area contributed by atoms with Crippen molar-refractivity contribution in [2.24, 2.45) is 0 Å². The first-order valence-electron chi connectivity index (χ1n) is 3.53. The van der Waals surface area contributed by atoms with E-state index in [1.165, 1.54) is 0 Å². The Hall–Kier alpha value is -0.920. The molecule has 74 valence electrons. The second-order valence-corrected chi connectivity index (χ2v) is 3.07. The first kappa shape index (κ1) is 11.2. The molecule has 0 radical (unpaired) electrons. The third kappa shape index (κ3) is 2.11. The molecule has 14 heavy (non-hydrogen) atoms. The molecular weight excluding hydrogens is 233 g/mol. The topological polar surface area (TPSA) is 36.7 Å². The van der Waals surface area contributed by atoms with Crippen LogP contribution in [-0.4, -0.2) is 4.98 Å². The molecule has 1 heterocycles. The Morgan fingerprint density at radius 1 is 1.57 bits per heavy atom. The van der Waals surface area contributed by atoms with E-state index in [9.17, 15) is 8.78 Å². The number of nitrogens with zero attached hydrogens (tertiary/aromatic N) is 2. The smallest absolute Gasteiger partial charge is 0.240 e. The van der Waals surface area contributed by atoms with Crippen LogP contribution in [0.1, 0.15) is 23.4 Å². The van der Waals surface area contributed by atoms with Gasteiger partial charge in [-0.15, -0.1) is 11.6 Å². The highest BCUT2D eigenvalue weighted by Crippen LogP contribution is 2.30. The third-order valence-electron chi connectivity index (χ3n) is 1.55. The lowest BCUT2D eigenvalue weighted by Gasteiger charge is -2.07. The van der Waals surface area contributed by atoms with Crippen molar-refractivity contribution >= 4 is 23.2 Å². The number of halogens is 4. The Morgan fingerprint density at radius 3 is 2.64 bits per heavy atom. The Bertz CT molecular complexity index is 388. The van der Waals surface area contributed by atoms with Crippen LogP contribution in [0.2, 0.25) is 5.02 Å². The summed E-state index contributed by atoms with van der Waals surface area (Å²) in [6.07, 6.45) is -2.74. The van der Waals surface area contributed by atoms with E-state index in [1.54, 1.807) is 6.07 Å². The quantitative estimate of drug-likeness (QED) is 0.740. The van der Waals surface area contributed by atoms with Gasteiger partial charge in [0.05, 0.1) is 22.2 Å². The Kier molecular flexibility index (Phi) is 3.62. The zero-order valence-corrected chi connectivity index (χ0v) is 8.28. The molecule has 2 nitrogen and oxygen atoms in total. The van der Waals surface area contributed by atoms with Crippen LogP contribution in [0.3, 0.4) is 0 Å². The number of alkyl halides is 3. The van der Waals surface area contributed by atoms with Gasteiger partial charge in [0.1, 0.15) is 11.8 Å². The summed E-state index contributed by atoms with van der Waals surface area (Å²) in [7, 11) is 0. The van der Waals surface area contributed by atoms with Crippen LogP contribution in [-0.2, 0) is 5.88 Å². The van der Waals surface area contributed by atoms with Crippen LogP contribution in [0.4, 0.5) is 8.78 Å². The lowest BCUT2D eigenvalue weighted by molar-refractivity contribution is 0.150. The van der Waals surface area contributed by atoms with Crippen LogP contribution < -0.4 is 0 Å². The zero-order chi connectivity index (χ0) is 10.7. The molecule has 0 saturated heterocycles. The first-order valence-corrected chi connectivity index (χ1v) is 4.45. The van der Waals surface area contributed by atoms with E-state index in [0.29, 0.717) is 0 Å². The van der Waals surface area contributed by atoms with Gasteiger partial charge in [0.15, 0.2) is 0 Å². The van der Waals surface area contributed by atoms with E-state index in [0.717, 1.165) is 6.07 Å². The first-order chi connectivity index (χ1) is 6.60. The van der Waals surface area contributed by atoms with Gasteiger partial charge in [-0.1, -0.05) is 11.6 Å². The van der Waals surface area contributed by atoms with Crippen molar-refractivity contribution in [1.82, 2.24) is 4.98 Å². The molecule has 0 aliphatic rings. The van der Waals surface area contributed by atoms with Crippen LogP contribution in [0, 0.1) is 11.3 Å². The minimum Gasteiger partial charge on any atom is -0.240 e. The fourth-order valence-electron chi connectivity index (χ4n) is 0.963. The van der Waals surface area contributed by atoms with Crippen LogP contribution in [0.15, 0.2) is 6.07 Å². The summed E-state index contributed by atoms with van der Waals surface area (Å²) in [5, 5.41) is 8.33. The van der Waals surface area contributed by atoms with Crippen molar-refractivity contribution in [3.8, 4) is 6.07 Å². The van der Waals surface area contributed by atoms with E-state index in [-0.39, 0.29) is 22.3 Å². The summed E-state index contributed by atoms with van der Waals surface area (Å²) in [4.78, 5) is 3.63. The molecule has 0 aliphatic carbocycles. The molecule has 0 amide bonds. The van der Waals surface area contributed by atoms with E-state index in [2.05, 4.69) is 4.98 Å². The predicted molar refractivity (Wildman–Crippen MR) is 48.5 cm³/mol. The zero-order valence-electron chi connectivity index (χ0n) is 6.77. The van der Waals surface area contributed by atoms with Gasteiger partial charge in [-0.25, -0.2) is 13.8 Å². The van der Waals surface area contributed by atoms with Crippen molar-refractivity contribution in [3.05, 3.63) is 28.0 Å². The minimum absolute atomic E-state index is 0.0185. The highest BCUT2D eigenvalue weighted by molar-refractivity contribution is 6.31. The Balaban J connectivity index is 3.36. The van der Waals surface area contributed by atoms with Crippen molar-refractivity contribution in [3.63, 3.8) is 0 Å². The van der Waals surface area contributed by atoms with Crippen molar-refractivity contribution in [2.75, 3.05) is 0 Å². The van der Waals surface area contributed by atoms with Gasteiger partial charge >= 0.3 is 0 Å². The lowest BCUT2D eigenvalue weighted by atomic mass is 10.2. The van der Waals surface area contributed by atoms with Gasteiger partial charge in [-0.2, -0.15) is 5.26 Å². The van der Waals surface area contributed by atoms with Crippen molar-refractivity contribution < 1.29 is 8.78 Å². The fourth-order valence-corrected chi connectivity index (χ4v) is 1.46. The second kappa shape index (κ2) is 4.54. The van der Waals surface area contributed by atoms with Gasteiger partial charge in [-0.3, -0.25) is 0 Å². The molecule has 0 spiro atoms. The molecule has 0 unspecified atom stereocenters. The lowest BCUT2D eigenvalue weighted by Crippen LogP contribution is -1.99. The fraction of sp³-hybridized carbons (Fsp3) is 0.250. The van der Waals surface area contributed by atoms with Crippen molar-refractivity contribution in [2.45, 2.75) is 12.3 Å². The average molecular weight is 237 g/mol. The monoisotopic (exact) mass is 236 g/mol. The average Bonchev–Trinajstić information content (AvgIpc) is 2.15. The van der Waals surface area contributed by atoms with Gasteiger partial charge < -0.3 is 0 Å². The van der Waals surface area contributed by atoms with E-state index < -0.39 is 12.0 Å². The van der Waals surface area contributed by atoms with Crippen LogP contribution >= 0.6 is 23.2 Å². The number of pyridine rings is 1. The minimum atomic E-state index is -2.74. The second-order valence-electron chi connectivity index (χ2n) is 2.40. The maximum atomic E-state index is 12.4. The van der Waals surface area contributed by atoms with Crippen LogP contribution in [0.25, 0.3) is 0 Å². The molecule has 6 heteroatoms. The summed E-state index contributed by atoms with van der Waals surface area (Å²) >= 11 is 11.0. The standard InChI is InChI=1S/C8H4Cl2F2N2/c9-2-6-7(8(11)12)5(10)1-4(3-13)14-6/h1,8H,2H2. The SMILES string of the molecule is N#Cc1cc(Cl)c(C(F)F)c(CCl)n1. The molecule has 1 aromatic heterocycles. The molecule has 0 saturated carbocycles. The van der Waals surface area contributed by atoms with Gasteiger partial charge in [0.2, 0.25) is 0 Å². The van der Waals surface area contributed by atoms with E-state index >= 15 is 0 Å². The predicted octanol–water partition coefficient (Wildman–Crippen LogP) is 3.28. The maximum Gasteiger partial charge on any atom is 0.267 e. The Morgan fingerprint density at radius 2 is 2.21 bits per heavy atom. The maximum absolute atomic E-state index is 12.4. The van der Waals surface area contributed by atoms with Gasteiger partial charge in [0.25, 0.3) is 6.43 Å². The summed E-state index contributed by atoms with van der Waals surface area (Å²) in [5.74, 6) is -0.199. The molecule has 1 rings (SSSR count). The molecule has 1 aromatic rings. The van der Waals surface area contributed by atoms with Crippen molar-refractivity contribution in [1.29, 1.82) is 5.26 Å². The molecule has 0 N–H and O–H groups in total. The third-order valence-corrected chi connectivity index (χ3v) is 2.11. The molecule has 0 aromatic carbocycles. The molecular formula is C8H4Cl2F2N2. The molecule has 0 bridgehead atoms. The Labute approximate surface area is 89.1 Å². The summed E-state index contributed by atoms with van der Waals surface area (Å²) in [6, 6.07) is 2.81. The van der Waals surface area contributed by atoms with Gasteiger partial charge in [0, 0.05) is 0 Å². The van der Waals surface area contributed by atoms with E-state index in [1.807, 2.05) is 0 Å². The van der Waals surface area contributed by atoms with E-state index in [4.69, 9.17) is 28.5 Å². The number of hydrogen-bond donors (Lipinski definition) is 0. The molecule has 0 aliphatic heterocycles. The molecule has 0 atom stereocenters. The number of aromatic nitrogens is 1. The number of rotatable bonds is 2. The highest BCUT2D eigenvalue weighted by Gasteiger charge is 2.19. The largest absolute Gasteiger partial charge is 0.267 e. The van der Waals surface area contributed by atoms with Gasteiger partial charge in [-0.05, 0) is 6.07 Å². The molecule has 0 fully saturated rings. The summed E-state index contributed by atoms with van der Waals surface area (Å²) in [5.41, 5.74) is -0.471. The van der Waals surface area contributed by atoms with Crippen LogP contribution in [0.5, 0.6) is 0 Å². The summed E-state index contributed by atoms with van der Waals surface area (Å²) < 4.78 is 24.9. The highest BCUT2D eigenvalue weighted by atomic mass is 35.5. The number of nitriles is 1. The normalized spacial score (nSPS) is 10.3. The number of hydrogen-bond acceptors (Lipinski definition) is 2.